The lowest BCUT2D eigenvalue weighted by Gasteiger charge is -2.31. The van der Waals surface area contributed by atoms with Crippen molar-refractivity contribution in [2.75, 3.05) is 13.7 Å². The quantitative estimate of drug-likeness (QED) is 0.450. The first-order chi connectivity index (χ1) is 15.7. The Bertz CT molecular complexity index is 1200. The van der Waals surface area contributed by atoms with Crippen molar-refractivity contribution in [3.05, 3.63) is 53.6 Å². The molecule has 3 rings (SSSR count). The second-order valence-corrected chi connectivity index (χ2v) is 10.3. The minimum absolute atomic E-state index is 0.0255. The summed E-state index contributed by atoms with van der Waals surface area (Å²) < 4.78 is 33.2. The summed E-state index contributed by atoms with van der Waals surface area (Å²) in [5, 5.41) is 0. The molecule has 0 saturated heterocycles. The van der Waals surface area contributed by atoms with Gasteiger partial charge in [-0.15, -0.1) is 0 Å². The van der Waals surface area contributed by atoms with E-state index in [-0.39, 0.29) is 29.8 Å². The Hall–Kier alpha value is -2.78. The number of hydrogen-bond donors (Lipinski definition) is 1. The van der Waals surface area contributed by atoms with Crippen LogP contribution in [0.3, 0.4) is 0 Å². The fourth-order valence-electron chi connectivity index (χ4n) is 3.74. The first-order valence-corrected chi connectivity index (χ1v) is 12.6. The van der Waals surface area contributed by atoms with E-state index in [4.69, 9.17) is 4.74 Å². The third-order valence-electron chi connectivity index (χ3n) is 6.04. The van der Waals surface area contributed by atoms with Crippen molar-refractivity contribution in [3.8, 4) is 0 Å². The van der Waals surface area contributed by atoms with Gasteiger partial charge >= 0.3 is 5.97 Å². The molecule has 0 bridgehead atoms. The van der Waals surface area contributed by atoms with Crippen LogP contribution < -0.4 is 0 Å². The van der Waals surface area contributed by atoms with Crippen LogP contribution in [0.5, 0.6) is 0 Å². The Morgan fingerprint density at radius 3 is 2.52 bits per heavy atom. The Morgan fingerprint density at radius 1 is 1.18 bits per heavy atom. The van der Waals surface area contributed by atoms with Gasteiger partial charge in [-0.2, -0.15) is 4.31 Å². The Labute approximate surface area is 195 Å². The van der Waals surface area contributed by atoms with Crippen molar-refractivity contribution in [1.82, 2.24) is 19.3 Å². The second-order valence-electron chi connectivity index (χ2n) is 8.31. The Balaban J connectivity index is 1.80. The van der Waals surface area contributed by atoms with E-state index in [0.29, 0.717) is 6.42 Å². The lowest BCUT2D eigenvalue weighted by molar-refractivity contribution is -0.145. The maximum Gasteiger partial charge on any atom is 0.305 e. The topological polar surface area (TPSA) is 105 Å². The molecule has 8 nitrogen and oxygen atoms in total. The number of imidazole rings is 1. The van der Waals surface area contributed by atoms with Crippen LogP contribution in [0.1, 0.15) is 50.7 Å². The largest absolute Gasteiger partial charge is 0.464 e. The lowest BCUT2D eigenvalue weighted by atomic mass is 10.0. The normalized spacial score (nSPS) is 13.9. The number of ether oxygens (including phenoxy) is 1. The highest BCUT2D eigenvalue weighted by atomic mass is 32.2. The third kappa shape index (κ3) is 5.59. The number of fused-ring (bicyclic) bond motifs is 1. The van der Waals surface area contributed by atoms with Gasteiger partial charge in [0, 0.05) is 26.1 Å². The zero-order valence-electron chi connectivity index (χ0n) is 19.8. The first-order valence-electron chi connectivity index (χ1n) is 11.2. The minimum atomic E-state index is -3.76. The number of benzene rings is 1. The standard InChI is InChI=1S/C24H32N4O4S/c1-6-16(3)22(15-32-23(29)7-2)28(5)33(30,31)19-10-8-18(9-11-19)14-21-24-20(12-13-25-21)26-17(4)27-24/h8-13,16,22H,6-7,14-15H2,1-5H3,(H,26,27)/t16-,22+/m0/s1. The van der Waals surface area contributed by atoms with Crippen LogP contribution in [-0.4, -0.2) is 53.3 Å². The molecular formula is C24H32N4O4S. The lowest BCUT2D eigenvalue weighted by Crippen LogP contribution is -2.44. The highest BCUT2D eigenvalue weighted by Gasteiger charge is 2.32. The second kappa shape index (κ2) is 10.4. The molecule has 0 amide bonds. The van der Waals surface area contributed by atoms with Gasteiger partial charge in [-0.05, 0) is 36.6 Å². The first kappa shape index (κ1) is 24.9. The van der Waals surface area contributed by atoms with Crippen LogP contribution in [0.2, 0.25) is 0 Å². The number of aromatic amines is 1. The highest BCUT2D eigenvalue weighted by Crippen LogP contribution is 2.24. The Morgan fingerprint density at radius 2 is 1.88 bits per heavy atom. The van der Waals surface area contributed by atoms with E-state index in [0.717, 1.165) is 34.5 Å². The molecule has 9 heteroatoms. The maximum atomic E-state index is 13.3. The zero-order valence-corrected chi connectivity index (χ0v) is 20.6. The molecule has 3 aromatic rings. The molecule has 0 fully saturated rings. The van der Waals surface area contributed by atoms with Crippen molar-refractivity contribution in [3.63, 3.8) is 0 Å². The summed E-state index contributed by atoms with van der Waals surface area (Å²) in [4.78, 5) is 24.0. The van der Waals surface area contributed by atoms with E-state index in [1.165, 1.54) is 4.31 Å². The summed E-state index contributed by atoms with van der Waals surface area (Å²) in [6, 6.07) is 8.27. The number of nitrogens with zero attached hydrogens (tertiary/aromatic N) is 3. The molecule has 2 atom stereocenters. The fourth-order valence-corrected chi connectivity index (χ4v) is 5.18. The number of rotatable bonds is 10. The molecule has 0 radical (unpaired) electrons. The van der Waals surface area contributed by atoms with Crippen LogP contribution >= 0.6 is 0 Å². The number of sulfonamides is 1. The van der Waals surface area contributed by atoms with E-state index in [2.05, 4.69) is 15.0 Å². The summed E-state index contributed by atoms with van der Waals surface area (Å²) in [5.74, 6) is 0.510. The smallest absolute Gasteiger partial charge is 0.305 e. The molecular weight excluding hydrogens is 440 g/mol. The molecule has 0 aliphatic carbocycles. The van der Waals surface area contributed by atoms with Crippen LogP contribution in [-0.2, 0) is 26.0 Å². The van der Waals surface area contributed by atoms with E-state index >= 15 is 0 Å². The number of carbonyl (C=O) groups excluding carboxylic acids is 1. The molecule has 33 heavy (non-hydrogen) atoms. The Kier molecular flexibility index (Phi) is 7.86. The summed E-state index contributed by atoms with van der Waals surface area (Å²) in [5.41, 5.74) is 3.52. The average Bonchev–Trinajstić information content (AvgIpc) is 3.20. The summed E-state index contributed by atoms with van der Waals surface area (Å²) in [6.45, 7) is 7.60. The summed E-state index contributed by atoms with van der Waals surface area (Å²) in [6.07, 6.45) is 3.30. The highest BCUT2D eigenvalue weighted by molar-refractivity contribution is 7.89. The van der Waals surface area contributed by atoms with E-state index in [1.807, 2.05) is 26.8 Å². The van der Waals surface area contributed by atoms with Gasteiger partial charge in [-0.25, -0.2) is 13.4 Å². The van der Waals surface area contributed by atoms with Crippen molar-refractivity contribution in [1.29, 1.82) is 0 Å². The average molecular weight is 473 g/mol. The molecule has 1 aromatic carbocycles. The molecule has 0 spiro atoms. The van der Waals surface area contributed by atoms with E-state index in [1.54, 1.807) is 44.4 Å². The van der Waals surface area contributed by atoms with Crippen molar-refractivity contribution < 1.29 is 17.9 Å². The SMILES string of the molecule is CCC(=O)OC[C@H]([C@@H](C)CC)N(C)S(=O)(=O)c1ccc(Cc2nccc3[nH]c(C)nc23)cc1. The maximum absolute atomic E-state index is 13.3. The molecule has 0 aliphatic rings. The van der Waals surface area contributed by atoms with Crippen molar-refractivity contribution >= 4 is 27.0 Å². The number of aryl methyl sites for hydroxylation is 1. The van der Waals surface area contributed by atoms with E-state index < -0.39 is 16.1 Å². The van der Waals surface area contributed by atoms with E-state index in [9.17, 15) is 13.2 Å². The number of pyridine rings is 1. The van der Waals surface area contributed by atoms with Crippen LogP contribution in [0.25, 0.3) is 11.0 Å². The molecule has 0 unspecified atom stereocenters. The monoisotopic (exact) mass is 472 g/mol. The number of nitrogens with one attached hydrogen (secondary N) is 1. The number of aromatic nitrogens is 3. The van der Waals surface area contributed by atoms with Gasteiger partial charge in [0.05, 0.1) is 22.1 Å². The van der Waals surface area contributed by atoms with Crippen LogP contribution in [0.15, 0.2) is 41.4 Å². The summed E-state index contributed by atoms with van der Waals surface area (Å²) in [7, 11) is -2.21. The molecule has 0 saturated carbocycles. The molecule has 0 aliphatic heterocycles. The van der Waals surface area contributed by atoms with Crippen LogP contribution in [0, 0.1) is 12.8 Å². The third-order valence-corrected chi connectivity index (χ3v) is 7.94. The molecule has 1 N–H and O–H groups in total. The van der Waals surface area contributed by atoms with Gasteiger partial charge in [0.1, 0.15) is 17.9 Å². The molecule has 2 aromatic heterocycles. The number of hydrogen-bond acceptors (Lipinski definition) is 6. The number of esters is 1. The van der Waals surface area contributed by atoms with Gasteiger partial charge in [0.25, 0.3) is 0 Å². The molecule has 2 heterocycles. The number of likely N-dealkylation sites (N-methyl/N-ethyl adjacent to an activating group) is 1. The molecule has 178 valence electrons. The minimum Gasteiger partial charge on any atom is -0.464 e. The van der Waals surface area contributed by atoms with Gasteiger partial charge in [-0.1, -0.05) is 39.3 Å². The van der Waals surface area contributed by atoms with Crippen LogP contribution in [0.4, 0.5) is 0 Å². The number of carbonyl (C=O) groups is 1. The van der Waals surface area contributed by atoms with Gasteiger partial charge in [0.2, 0.25) is 10.0 Å². The predicted molar refractivity (Wildman–Crippen MR) is 127 cm³/mol. The number of H-pyrrole nitrogens is 1. The van der Waals surface area contributed by atoms with Crippen molar-refractivity contribution in [2.45, 2.75) is 57.9 Å². The predicted octanol–water partition coefficient (Wildman–Crippen LogP) is 3.85. The van der Waals surface area contributed by atoms with Gasteiger partial charge < -0.3 is 9.72 Å². The fraction of sp³-hybridized carbons (Fsp3) is 0.458. The van der Waals surface area contributed by atoms with Gasteiger partial charge in [-0.3, -0.25) is 9.78 Å². The van der Waals surface area contributed by atoms with Gasteiger partial charge in [0.15, 0.2) is 0 Å². The van der Waals surface area contributed by atoms with Crippen molar-refractivity contribution in [2.24, 2.45) is 5.92 Å². The summed E-state index contributed by atoms with van der Waals surface area (Å²) >= 11 is 0. The zero-order chi connectivity index (χ0) is 24.2.